The molecule has 10 heteroatoms. The van der Waals surface area contributed by atoms with Crippen molar-refractivity contribution >= 4 is 11.9 Å². The molecule has 1 fully saturated rings. The fraction of sp³-hybridized carbons (Fsp3) is 0.250. The van der Waals surface area contributed by atoms with Crippen LogP contribution in [0.15, 0.2) is 48.5 Å². The number of carboxylic acids is 1. The molecule has 0 saturated carbocycles. The van der Waals surface area contributed by atoms with Crippen LogP contribution in [0, 0.1) is 11.6 Å². The third kappa shape index (κ3) is 4.14. The Morgan fingerprint density at radius 1 is 0.971 bits per heavy atom. The first-order chi connectivity index (χ1) is 16.3. The lowest BCUT2D eigenvalue weighted by Crippen LogP contribution is -2.42. The lowest BCUT2D eigenvalue weighted by molar-refractivity contribution is -0.141. The van der Waals surface area contributed by atoms with Gasteiger partial charge in [-0.3, -0.25) is 4.79 Å². The van der Waals surface area contributed by atoms with E-state index in [0.717, 1.165) is 11.0 Å². The summed E-state index contributed by atoms with van der Waals surface area (Å²) in [6.45, 7) is 0. The highest BCUT2D eigenvalue weighted by Crippen LogP contribution is 2.39. The average Bonchev–Trinajstić information content (AvgIpc) is 3.28. The van der Waals surface area contributed by atoms with E-state index in [2.05, 4.69) is 10.2 Å². The molecule has 4 rings (SSSR count). The predicted octanol–water partition coefficient (Wildman–Crippen LogP) is 3.87. The number of hydrogen-bond donors (Lipinski definition) is 1. The van der Waals surface area contributed by atoms with Gasteiger partial charge in [-0.25, -0.2) is 13.6 Å². The SMILES string of the molecule is COc1cc(-c2ccc(C(=O)N3C(C(=O)O)CCC3c3ccccc3F)cc2F)c(OC)nn1. The number of nitrogens with zero attached hydrogens (tertiary/aromatic N) is 3. The molecule has 2 atom stereocenters. The van der Waals surface area contributed by atoms with E-state index in [-0.39, 0.29) is 46.9 Å². The van der Waals surface area contributed by atoms with E-state index in [1.807, 2.05) is 0 Å². The molecule has 2 unspecified atom stereocenters. The van der Waals surface area contributed by atoms with Crippen molar-refractivity contribution in [1.82, 2.24) is 15.1 Å². The van der Waals surface area contributed by atoms with E-state index >= 15 is 4.39 Å². The van der Waals surface area contributed by atoms with Crippen LogP contribution in [0.4, 0.5) is 8.78 Å². The molecule has 0 spiro atoms. The fourth-order valence-corrected chi connectivity index (χ4v) is 4.21. The summed E-state index contributed by atoms with van der Waals surface area (Å²) in [6, 6.07) is 9.16. The topological polar surface area (TPSA) is 102 Å². The maximum Gasteiger partial charge on any atom is 0.326 e. The second-order valence-electron chi connectivity index (χ2n) is 7.69. The smallest absolute Gasteiger partial charge is 0.326 e. The number of rotatable bonds is 6. The number of aromatic nitrogens is 2. The van der Waals surface area contributed by atoms with Crippen molar-refractivity contribution in [3.63, 3.8) is 0 Å². The average molecular weight is 469 g/mol. The van der Waals surface area contributed by atoms with Crippen LogP contribution in [0.5, 0.6) is 11.8 Å². The molecule has 1 saturated heterocycles. The molecular formula is C24H21F2N3O5. The predicted molar refractivity (Wildman–Crippen MR) is 116 cm³/mol. The standard InChI is InChI=1S/C24H21F2N3O5/c1-33-21-12-16(22(34-2)28-27-21)14-8-7-13(11-18(14)26)23(30)29-19(9-10-20(29)24(31)32)15-5-3-4-6-17(15)25/h3-8,11-12,19-20H,9-10H2,1-2H3,(H,31,32). The number of carbonyl (C=O) groups is 2. The van der Waals surface area contributed by atoms with E-state index < -0.39 is 35.6 Å². The van der Waals surface area contributed by atoms with Gasteiger partial charge in [-0.15, -0.1) is 10.2 Å². The maximum absolute atomic E-state index is 15.2. The van der Waals surface area contributed by atoms with Gasteiger partial charge in [0.1, 0.15) is 17.7 Å². The monoisotopic (exact) mass is 469 g/mol. The van der Waals surface area contributed by atoms with Gasteiger partial charge in [-0.05, 0) is 31.0 Å². The molecule has 1 aromatic heterocycles. The number of aliphatic carboxylic acids is 1. The number of hydrogen-bond acceptors (Lipinski definition) is 6. The third-order valence-electron chi connectivity index (χ3n) is 5.82. The number of benzene rings is 2. The highest BCUT2D eigenvalue weighted by Gasteiger charge is 2.43. The molecule has 0 bridgehead atoms. The van der Waals surface area contributed by atoms with E-state index in [9.17, 15) is 19.1 Å². The molecule has 0 aliphatic carbocycles. The van der Waals surface area contributed by atoms with Gasteiger partial charge in [-0.1, -0.05) is 24.3 Å². The molecule has 1 aliphatic rings. The summed E-state index contributed by atoms with van der Waals surface area (Å²) in [5, 5.41) is 17.3. The van der Waals surface area contributed by atoms with E-state index in [4.69, 9.17) is 9.47 Å². The number of halogens is 2. The van der Waals surface area contributed by atoms with Crippen LogP contribution in [0.25, 0.3) is 11.1 Å². The number of amides is 1. The van der Waals surface area contributed by atoms with Crippen LogP contribution in [-0.2, 0) is 4.79 Å². The zero-order chi connectivity index (χ0) is 24.4. The molecule has 1 aliphatic heterocycles. The van der Waals surface area contributed by atoms with Crippen LogP contribution in [0.3, 0.4) is 0 Å². The fourth-order valence-electron chi connectivity index (χ4n) is 4.21. The summed E-state index contributed by atoms with van der Waals surface area (Å²) in [6.07, 6.45) is 0.421. The van der Waals surface area contributed by atoms with Gasteiger partial charge in [0.2, 0.25) is 11.8 Å². The lowest BCUT2D eigenvalue weighted by atomic mass is 10.0. The van der Waals surface area contributed by atoms with Gasteiger partial charge >= 0.3 is 5.97 Å². The van der Waals surface area contributed by atoms with Crippen molar-refractivity contribution in [2.24, 2.45) is 0 Å². The van der Waals surface area contributed by atoms with Gasteiger partial charge < -0.3 is 19.5 Å². The van der Waals surface area contributed by atoms with Gasteiger partial charge in [0.05, 0.1) is 25.8 Å². The zero-order valence-electron chi connectivity index (χ0n) is 18.4. The Labute approximate surface area is 193 Å². The second-order valence-corrected chi connectivity index (χ2v) is 7.69. The van der Waals surface area contributed by atoms with Crippen molar-refractivity contribution in [2.45, 2.75) is 24.9 Å². The minimum atomic E-state index is -1.20. The van der Waals surface area contributed by atoms with Crippen LogP contribution >= 0.6 is 0 Å². The Morgan fingerprint density at radius 3 is 2.38 bits per heavy atom. The van der Waals surface area contributed by atoms with Gasteiger partial charge in [-0.2, -0.15) is 0 Å². The number of likely N-dealkylation sites (tertiary alicyclic amines) is 1. The Kier molecular flexibility index (Phi) is 6.40. The van der Waals surface area contributed by atoms with Crippen LogP contribution in [-0.4, -0.2) is 52.3 Å². The second kappa shape index (κ2) is 9.42. The molecule has 2 heterocycles. The minimum absolute atomic E-state index is 0.0591. The minimum Gasteiger partial charge on any atom is -0.480 e. The summed E-state index contributed by atoms with van der Waals surface area (Å²) >= 11 is 0. The molecule has 1 N–H and O–H groups in total. The van der Waals surface area contributed by atoms with Crippen LogP contribution in [0.1, 0.15) is 34.8 Å². The van der Waals surface area contributed by atoms with Gasteiger partial charge in [0.15, 0.2) is 0 Å². The van der Waals surface area contributed by atoms with Crippen molar-refractivity contribution in [3.05, 3.63) is 71.3 Å². The number of ether oxygens (including phenoxy) is 2. The Bertz CT molecular complexity index is 1250. The van der Waals surface area contributed by atoms with Gasteiger partial charge in [0.25, 0.3) is 5.91 Å². The number of carbonyl (C=O) groups excluding carboxylic acids is 1. The number of methoxy groups -OCH3 is 2. The molecule has 0 radical (unpaired) electrons. The summed E-state index contributed by atoms with van der Waals surface area (Å²) in [5.41, 5.74) is 0.503. The summed E-state index contributed by atoms with van der Waals surface area (Å²) in [5.74, 6) is -3.00. The highest BCUT2D eigenvalue weighted by molar-refractivity contribution is 5.98. The molecule has 8 nitrogen and oxygen atoms in total. The quantitative estimate of drug-likeness (QED) is 0.585. The van der Waals surface area contributed by atoms with E-state index in [0.29, 0.717) is 0 Å². The number of carboxylic acid groups (broad SMARTS) is 1. The largest absolute Gasteiger partial charge is 0.480 e. The third-order valence-corrected chi connectivity index (χ3v) is 5.82. The Hall–Kier alpha value is -4.08. The first-order valence-electron chi connectivity index (χ1n) is 10.4. The molecule has 34 heavy (non-hydrogen) atoms. The van der Waals surface area contributed by atoms with Crippen molar-refractivity contribution in [3.8, 4) is 22.9 Å². The van der Waals surface area contributed by atoms with Gasteiger partial charge in [0, 0.05) is 22.8 Å². The normalized spacial score (nSPS) is 17.5. The molecular weight excluding hydrogens is 448 g/mol. The summed E-state index contributed by atoms with van der Waals surface area (Å²) in [4.78, 5) is 26.4. The van der Waals surface area contributed by atoms with E-state index in [1.165, 1.54) is 50.6 Å². The van der Waals surface area contributed by atoms with Crippen LogP contribution in [0.2, 0.25) is 0 Å². The zero-order valence-corrected chi connectivity index (χ0v) is 18.4. The summed E-state index contributed by atoms with van der Waals surface area (Å²) in [7, 11) is 2.75. The van der Waals surface area contributed by atoms with Crippen molar-refractivity contribution in [1.29, 1.82) is 0 Å². The molecule has 1 amide bonds. The molecule has 3 aromatic rings. The van der Waals surface area contributed by atoms with Crippen LogP contribution < -0.4 is 9.47 Å². The Balaban J connectivity index is 1.73. The van der Waals surface area contributed by atoms with E-state index in [1.54, 1.807) is 6.07 Å². The molecule has 176 valence electrons. The molecule has 2 aromatic carbocycles. The first-order valence-corrected chi connectivity index (χ1v) is 10.4. The van der Waals surface area contributed by atoms with Crippen molar-refractivity contribution in [2.75, 3.05) is 14.2 Å². The summed E-state index contributed by atoms with van der Waals surface area (Å²) < 4.78 is 39.9. The Morgan fingerprint density at radius 2 is 1.74 bits per heavy atom. The van der Waals surface area contributed by atoms with Crippen molar-refractivity contribution < 1.29 is 33.0 Å². The maximum atomic E-state index is 15.2. The lowest BCUT2D eigenvalue weighted by Gasteiger charge is -2.29. The highest BCUT2D eigenvalue weighted by atomic mass is 19.1. The first kappa shape index (κ1) is 23.1.